The molecule has 2 unspecified atom stereocenters. The molecule has 1 fully saturated rings. The number of carbonyl (C=O) groups is 2. The molecule has 1 heterocycles. The average Bonchev–Trinajstić information content (AvgIpc) is 3.06. The highest BCUT2D eigenvalue weighted by molar-refractivity contribution is 6.30. The first kappa shape index (κ1) is 17.5. The number of nitrogens with one attached hydrogen (secondary N) is 1. The SMILES string of the molecule is O=C1CCC(C(CC(=O)OCc2ccccc2)c2ccc(Cl)cc2)N1. The summed E-state index contributed by atoms with van der Waals surface area (Å²) in [6, 6.07) is 16.9. The third kappa shape index (κ3) is 4.83. The lowest BCUT2D eigenvalue weighted by Crippen LogP contribution is -2.33. The van der Waals surface area contributed by atoms with Crippen molar-refractivity contribution in [3.63, 3.8) is 0 Å². The zero-order valence-electron chi connectivity index (χ0n) is 13.8. The molecule has 0 aliphatic carbocycles. The normalized spacial score (nSPS) is 17.8. The minimum atomic E-state index is -0.273. The Labute approximate surface area is 152 Å². The van der Waals surface area contributed by atoms with Crippen molar-refractivity contribution in [2.45, 2.75) is 37.8 Å². The maximum absolute atomic E-state index is 12.3. The summed E-state index contributed by atoms with van der Waals surface area (Å²) in [4.78, 5) is 23.9. The van der Waals surface area contributed by atoms with E-state index in [0.29, 0.717) is 11.4 Å². The van der Waals surface area contributed by atoms with Gasteiger partial charge in [0.1, 0.15) is 6.61 Å². The smallest absolute Gasteiger partial charge is 0.306 e. The third-order valence-electron chi connectivity index (χ3n) is 4.44. The Kier molecular flexibility index (Phi) is 5.71. The van der Waals surface area contributed by atoms with E-state index in [1.165, 1.54) is 0 Å². The van der Waals surface area contributed by atoms with E-state index in [-0.39, 0.29) is 36.9 Å². The number of amides is 1. The molecular weight excluding hydrogens is 338 g/mol. The summed E-state index contributed by atoms with van der Waals surface area (Å²) in [5.41, 5.74) is 1.93. The Bertz CT molecular complexity index is 730. The van der Waals surface area contributed by atoms with Crippen molar-refractivity contribution in [2.75, 3.05) is 0 Å². The van der Waals surface area contributed by atoms with Crippen molar-refractivity contribution in [3.05, 3.63) is 70.7 Å². The van der Waals surface area contributed by atoms with Gasteiger partial charge in [-0.15, -0.1) is 0 Å². The maximum Gasteiger partial charge on any atom is 0.306 e. The number of esters is 1. The van der Waals surface area contributed by atoms with E-state index in [2.05, 4.69) is 5.32 Å². The lowest BCUT2D eigenvalue weighted by Gasteiger charge is -2.23. The van der Waals surface area contributed by atoms with Crippen molar-refractivity contribution in [2.24, 2.45) is 0 Å². The van der Waals surface area contributed by atoms with Crippen molar-refractivity contribution in [1.29, 1.82) is 0 Å². The van der Waals surface area contributed by atoms with E-state index < -0.39 is 0 Å². The van der Waals surface area contributed by atoms with Crippen LogP contribution in [-0.4, -0.2) is 17.9 Å². The number of halogens is 1. The van der Waals surface area contributed by atoms with Crippen LogP contribution in [0.25, 0.3) is 0 Å². The third-order valence-corrected chi connectivity index (χ3v) is 4.69. The largest absolute Gasteiger partial charge is 0.461 e. The van der Waals surface area contributed by atoms with Gasteiger partial charge in [-0.25, -0.2) is 0 Å². The van der Waals surface area contributed by atoms with Crippen molar-refractivity contribution in [3.8, 4) is 0 Å². The molecule has 3 rings (SSSR count). The van der Waals surface area contributed by atoms with Crippen LogP contribution in [0.4, 0.5) is 0 Å². The molecule has 25 heavy (non-hydrogen) atoms. The molecule has 2 atom stereocenters. The monoisotopic (exact) mass is 357 g/mol. The molecule has 0 aromatic heterocycles. The molecule has 0 bridgehead atoms. The summed E-state index contributed by atoms with van der Waals surface area (Å²) >= 11 is 5.96. The average molecular weight is 358 g/mol. The minimum Gasteiger partial charge on any atom is -0.461 e. The lowest BCUT2D eigenvalue weighted by atomic mass is 9.88. The van der Waals surface area contributed by atoms with Gasteiger partial charge in [-0.1, -0.05) is 54.1 Å². The molecule has 2 aromatic rings. The van der Waals surface area contributed by atoms with Crippen LogP contribution >= 0.6 is 11.6 Å². The van der Waals surface area contributed by atoms with Gasteiger partial charge in [0.05, 0.1) is 6.42 Å². The molecule has 2 aromatic carbocycles. The van der Waals surface area contributed by atoms with Crippen LogP contribution in [-0.2, 0) is 20.9 Å². The number of hydrogen-bond donors (Lipinski definition) is 1. The minimum absolute atomic E-state index is 0.0293. The van der Waals surface area contributed by atoms with Crippen LogP contribution in [0.3, 0.4) is 0 Å². The van der Waals surface area contributed by atoms with Gasteiger partial charge in [-0.05, 0) is 29.7 Å². The van der Waals surface area contributed by atoms with E-state index in [0.717, 1.165) is 17.5 Å². The Morgan fingerprint density at radius 3 is 2.52 bits per heavy atom. The molecule has 1 amide bonds. The molecule has 130 valence electrons. The van der Waals surface area contributed by atoms with Gasteiger partial charge in [0.15, 0.2) is 0 Å². The van der Waals surface area contributed by atoms with E-state index in [4.69, 9.17) is 16.3 Å². The second-order valence-electron chi connectivity index (χ2n) is 6.22. The first-order valence-corrected chi connectivity index (χ1v) is 8.74. The Hall–Kier alpha value is -2.33. The molecule has 1 N–H and O–H groups in total. The summed E-state index contributed by atoms with van der Waals surface area (Å²) in [6.07, 6.45) is 1.44. The van der Waals surface area contributed by atoms with Gasteiger partial charge in [0, 0.05) is 23.4 Å². The molecule has 1 aliphatic rings. The predicted molar refractivity (Wildman–Crippen MR) is 96.2 cm³/mol. The van der Waals surface area contributed by atoms with Crippen molar-refractivity contribution in [1.82, 2.24) is 5.32 Å². The van der Waals surface area contributed by atoms with E-state index in [1.54, 1.807) is 12.1 Å². The highest BCUT2D eigenvalue weighted by atomic mass is 35.5. The van der Waals surface area contributed by atoms with E-state index in [9.17, 15) is 9.59 Å². The van der Waals surface area contributed by atoms with Gasteiger partial charge in [0.2, 0.25) is 5.91 Å². The second-order valence-corrected chi connectivity index (χ2v) is 6.66. The van der Waals surface area contributed by atoms with Crippen LogP contribution in [0.5, 0.6) is 0 Å². The van der Waals surface area contributed by atoms with E-state index in [1.807, 2.05) is 42.5 Å². The van der Waals surface area contributed by atoms with Crippen LogP contribution in [0.1, 0.15) is 36.3 Å². The molecule has 0 saturated carbocycles. The van der Waals surface area contributed by atoms with Gasteiger partial charge in [0.25, 0.3) is 0 Å². The number of hydrogen-bond acceptors (Lipinski definition) is 3. The first-order chi connectivity index (χ1) is 12.1. The van der Waals surface area contributed by atoms with Gasteiger partial charge in [-0.3, -0.25) is 9.59 Å². The zero-order valence-corrected chi connectivity index (χ0v) is 14.5. The van der Waals surface area contributed by atoms with E-state index >= 15 is 0 Å². The number of ether oxygens (including phenoxy) is 1. The molecule has 1 aliphatic heterocycles. The lowest BCUT2D eigenvalue weighted by molar-refractivity contribution is -0.145. The maximum atomic E-state index is 12.3. The van der Waals surface area contributed by atoms with Gasteiger partial charge in [-0.2, -0.15) is 0 Å². The molecule has 5 heteroatoms. The number of rotatable bonds is 6. The quantitative estimate of drug-likeness (QED) is 0.799. The predicted octanol–water partition coefficient (Wildman–Crippen LogP) is 3.84. The topological polar surface area (TPSA) is 55.4 Å². The fraction of sp³-hybridized carbons (Fsp3) is 0.300. The Morgan fingerprint density at radius 2 is 1.88 bits per heavy atom. The first-order valence-electron chi connectivity index (χ1n) is 8.36. The van der Waals surface area contributed by atoms with Gasteiger partial charge < -0.3 is 10.1 Å². The molecule has 0 radical (unpaired) electrons. The van der Waals surface area contributed by atoms with Gasteiger partial charge >= 0.3 is 5.97 Å². The number of carbonyl (C=O) groups excluding carboxylic acids is 2. The standard InChI is InChI=1S/C20H20ClNO3/c21-16-8-6-15(7-9-16)17(18-10-11-19(23)22-18)12-20(24)25-13-14-4-2-1-3-5-14/h1-9,17-18H,10-13H2,(H,22,23). The fourth-order valence-corrected chi connectivity index (χ4v) is 3.24. The number of benzene rings is 2. The fourth-order valence-electron chi connectivity index (χ4n) is 3.12. The summed E-state index contributed by atoms with van der Waals surface area (Å²) in [5.74, 6) is -0.362. The zero-order chi connectivity index (χ0) is 17.6. The summed E-state index contributed by atoms with van der Waals surface area (Å²) in [7, 11) is 0. The van der Waals surface area contributed by atoms with Crippen LogP contribution in [0, 0.1) is 0 Å². The molecule has 0 spiro atoms. The summed E-state index contributed by atoms with van der Waals surface area (Å²) in [5, 5.41) is 3.61. The highest BCUT2D eigenvalue weighted by Gasteiger charge is 2.31. The Morgan fingerprint density at radius 1 is 1.16 bits per heavy atom. The van der Waals surface area contributed by atoms with Crippen molar-refractivity contribution >= 4 is 23.5 Å². The molecule has 4 nitrogen and oxygen atoms in total. The Balaban J connectivity index is 1.67. The summed E-state index contributed by atoms with van der Waals surface area (Å²) < 4.78 is 5.41. The van der Waals surface area contributed by atoms with Crippen LogP contribution in [0.15, 0.2) is 54.6 Å². The van der Waals surface area contributed by atoms with Crippen LogP contribution in [0.2, 0.25) is 5.02 Å². The van der Waals surface area contributed by atoms with Crippen LogP contribution < -0.4 is 5.32 Å². The summed E-state index contributed by atoms with van der Waals surface area (Å²) in [6.45, 7) is 0.254. The molecule has 1 saturated heterocycles. The van der Waals surface area contributed by atoms with Crippen molar-refractivity contribution < 1.29 is 14.3 Å². The molecular formula is C20H20ClNO3. The second kappa shape index (κ2) is 8.17. The highest BCUT2D eigenvalue weighted by Crippen LogP contribution is 2.30.